The third-order valence-electron chi connectivity index (χ3n) is 4.48. The summed E-state index contributed by atoms with van der Waals surface area (Å²) in [6.07, 6.45) is 0. The smallest absolute Gasteiger partial charge is 0.408 e. The minimum Gasteiger partial charge on any atom is -0.484 e. The van der Waals surface area contributed by atoms with Crippen LogP contribution >= 0.6 is 23.2 Å². The van der Waals surface area contributed by atoms with E-state index in [4.69, 9.17) is 32.5 Å². The summed E-state index contributed by atoms with van der Waals surface area (Å²) in [6.45, 7) is 3.33. The molecule has 0 aliphatic carbocycles. The molecule has 2 amide bonds. The number of hydrogen-bond acceptors (Lipinski definition) is 9. The summed E-state index contributed by atoms with van der Waals surface area (Å²) in [7, 11) is 0. The van der Waals surface area contributed by atoms with Crippen molar-refractivity contribution in [1.29, 1.82) is 0 Å². The fourth-order valence-electron chi connectivity index (χ4n) is 2.68. The molecule has 2 aromatic heterocycles. The van der Waals surface area contributed by atoms with Crippen molar-refractivity contribution in [2.75, 3.05) is 19.7 Å². The van der Waals surface area contributed by atoms with E-state index < -0.39 is 16.6 Å². The average molecular weight is 512 g/mol. The molecule has 2 heterocycles. The SMILES string of the molecule is Cc1cc(OCC(=O)NCCNC(=O)c2nc(Cn3nc([N+](=O)[O-])c(Cl)c3C)no2)ccc1Cl. The topological polar surface area (TPSA) is 167 Å². The molecule has 0 fully saturated rings. The fourth-order valence-corrected chi connectivity index (χ4v) is 3.01. The van der Waals surface area contributed by atoms with Crippen molar-refractivity contribution in [1.82, 2.24) is 30.6 Å². The first-order chi connectivity index (χ1) is 16.2. The number of benzene rings is 1. The number of nitrogens with one attached hydrogen (secondary N) is 2. The monoisotopic (exact) mass is 511 g/mol. The molecule has 0 aliphatic heterocycles. The largest absolute Gasteiger partial charge is 0.484 e. The number of nitrogens with zero attached hydrogens (tertiary/aromatic N) is 5. The van der Waals surface area contributed by atoms with Gasteiger partial charge in [0.1, 0.15) is 12.3 Å². The highest BCUT2D eigenvalue weighted by atomic mass is 35.5. The van der Waals surface area contributed by atoms with E-state index in [0.717, 1.165) is 5.56 Å². The number of aryl methyl sites for hydroxylation is 1. The summed E-state index contributed by atoms with van der Waals surface area (Å²) in [5.41, 5.74) is 1.17. The van der Waals surface area contributed by atoms with Crippen molar-refractivity contribution < 1.29 is 23.8 Å². The molecule has 13 nitrogen and oxygen atoms in total. The molecule has 0 saturated heterocycles. The Kier molecular flexibility index (Phi) is 8.02. The summed E-state index contributed by atoms with van der Waals surface area (Å²) < 4.78 is 11.5. The van der Waals surface area contributed by atoms with E-state index in [1.165, 1.54) is 4.68 Å². The standard InChI is InChI=1S/C19H19Cl2N7O6/c1-10-7-12(3-4-13(10)20)33-9-15(29)22-5-6-23-18(30)19-24-14(26-34-19)8-27-11(2)16(21)17(25-27)28(31)32/h3-4,7H,5-6,8-9H2,1-2H3,(H,22,29)(H,23,30). The molecule has 34 heavy (non-hydrogen) atoms. The number of aromatic nitrogens is 4. The Morgan fingerprint density at radius 2 is 1.97 bits per heavy atom. The number of carbonyl (C=O) groups is 2. The van der Waals surface area contributed by atoms with E-state index >= 15 is 0 Å². The molecule has 0 unspecified atom stereocenters. The zero-order valence-electron chi connectivity index (χ0n) is 18.0. The number of nitro groups is 1. The predicted octanol–water partition coefficient (Wildman–Crippen LogP) is 2.07. The van der Waals surface area contributed by atoms with Crippen LogP contribution in [0.1, 0.15) is 27.8 Å². The third kappa shape index (κ3) is 6.20. The van der Waals surface area contributed by atoms with E-state index in [1.807, 2.05) is 6.92 Å². The highest BCUT2D eigenvalue weighted by Crippen LogP contribution is 2.26. The lowest BCUT2D eigenvalue weighted by Gasteiger charge is -2.08. The summed E-state index contributed by atoms with van der Waals surface area (Å²) >= 11 is 11.8. The summed E-state index contributed by atoms with van der Waals surface area (Å²) in [4.78, 5) is 38.2. The Morgan fingerprint density at radius 1 is 1.24 bits per heavy atom. The second-order valence-corrected chi connectivity index (χ2v) is 7.74. The van der Waals surface area contributed by atoms with Crippen molar-refractivity contribution >= 4 is 40.8 Å². The van der Waals surface area contributed by atoms with Crippen molar-refractivity contribution in [2.45, 2.75) is 20.4 Å². The zero-order valence-corrected chi connectivity index (χ0v) is 19.5. The van der Waals surface area contributed by atoms with Gasteiger partial charge in [-0.2, -0.15) is 9.67 Å². The Hall–Kier alpha value is -3.71. The minimum absolute atomic E-state index is 0.0743. The van der Waals surface area contributed by atoms with Gasteiger partial charge in [0.25, 0.3) is 5.91 Å². The normalized spacial score (nSPS) is 10.7. The quantitative estimate of drug-likeness (QED) is 0.235. The van der Waals surface area contributed by atoms with Crippen LogP contribution in [0, 0.1) is 24.0 Å². The van der Waals surface area contributed by atoms with Gasteiger partial charge in [-0.15, -0.1) is 0 Å². The number of halogens is 2. The van der Waals surface area contributed by atoms with Gasteiger partial charge in [-0.3, -0.25) is 9.59 Å². The van der Waals surface area contributed by atoms with Crippen LogP contribution in [0.3, 0.4) is 0 Å². The highest BCUT2D eigenvalue weighted by molar-refractivity contribution is 6.33. The van der Waals surface area contributed by atoms with Crippen molar-refractivity contribution in [3.63, 3.8) is 0 Å². The maximum absolute atomic E-state index is 12.2. The summed E-state index contributed by atoms with van der Waals surface area (Å²) in [5.74, 6) is -1.24. The van der Waals surface area contributed by atoms with Crippen molar-refractivity contribution in [2.24, 2.45) is 0 Å². The van der Waals surface area contributed by atoms with Crippen LogP contribution in [0.25, 0.3) is 0 Å². The Labute approximate surface area is 202 Å². The molecule has 0 saturated carbocycles. The van der Waals surface area contributed by atoms with Crippen LogP contribution in [-0.2, 0) is 11.3 Å². The van der Waals surface area contributed by atoms with Crippen LogP contribution in [0.15, 0.2) is 22.7 Å². The van der Waals surface area contributed by atoms with Crippen molar-refractivity contribution in [3.05, 3.63) is 61.3 Å². The molecule has 0 atom stereocenters. The van der Waals surface area contributed by atoms with Crippen LogP contribution in [-0.4, -0.2) is 56.4 Å². The number of carbonyl (C=O) groups excluding carboxylic acids is 2. The fraction of sp³-hybridized carbons (Fsp3) is 0.316. The van der Waals surface area contributed by atoms with E-state index in [9.17, 15) is 19.7 Å². The molecule has 180 valence electrons. The van der Waals surface area contributed by atoms with E-state index in [0.29, 0.717) is 16.5 Å². The molecule has 0 bridgehead atoms. The molecule has 0 aliphatic rings. The number of hydrogen-bond donors (Lipinski definition) is 2. The zero-order chi connectivity index (χ0) is 24.8. The predicted molar refractivity (Wildman–Crippen MR) is 119 cm³/mol. The van der Waals surface area contributed by atoms with Gasteiger partial charge in [0.05, 0.1) is 10.8 Å². The van der Waals surface area contributed by atoms with E-state index in [-0.39, 0.29) is 48.9 Å². The van der Waals surface area contributed by atoms with Crippen LogP contribution in [0.5, 0.6) is 5.75 Å². The lowest BCUT2D eigenvalue weighted by Crippen LogP contribution is -2.36. The minimum atomic E-state index is -0.704. The second-order valence-electron chi connectivity index (χ2n) is 6.96. The summed E-state index contributed by atoms with van der Waals surface area (Å²) in [5, 5.41) is 24.0. The van der Waals surface area contributed by atoms with E-state index in [1.54, 1.807) is 25.1 Å². The van der Waals surface area contributed by atoms with Gasteiger partial charge < -0.3 is 30.0 Å². The highest BCUT2D eigenvalue weighted by Gasteiger charge is 2.25. The average Bonchev–Trinajstić information content (AvgIpc) is 3.38. The van der Waals surface area contributed by atoms with Crippen molar-refractivity contribution in [3.8, 4) is 5.75 Å². The first-order valence-electron chi connectivity index (χ1n) is 9.79. The van der Waals surface area contributed by atoms with Gasteiger partial charge in [0.15, 0.2) is 17.5 Å². The van der Waals surface area contributed by atoms with Gasteiger partial charge in [0.2, 0.25) is 0 Å². The molecular formula is C19H19Cl2N7O6. The Balaban J connectivity index is 1.42. The van der Waals surface area contributed by atoms with E-state index in [2.05, 4.69) is 25.9 Å². The Bertz CT molecular complexity index is 1230. The van der Waals surface area contributed by atoms with Gasteiger partial charge >= 0.3 is 17.6 Å². The number of ether oxygens (including phenoxy) is 1. The molecule has 3 rings (SSSR count). The third-order valence-corrected chi connectivity index (χ3v) is 5.34. The maximum atomic E-state index is 12.2. The first kappa shape index (κ1) is 24.9. The van der Waals surface area contributed by atoms with Gasteiger partial charge in [-0.05, 0) is 42.5 Å². The number of amides is 2. The molecule has 0 radical (unpaired) electrons. The Morgan fingerprint density at radius 3 is 2.65 bits per heavy atom. The van der Waals surface area contributed by atoms with Gasteiger partial charge in [-0.25, -0.2) is 0 Å². The first-order valence-corrected chi connectivity index (χ1v) is 10.5. The number of rotatable bonds is 10. The molecule has 15 heteroatoms. The molecule has 0 spiro atoms. The molecular weight excluding hydrogens is 493 g/mol. The second kappa shape index (κ2) is 10.9. The molecule has 2 N–H and O–H groups in total. The summed E-state index contributed by atoms with van der Waals surface area (Å²) in [6, 6.07) is 5.06. The molecule has 1 aromatic carbocycles. The van der Waals surface area contributed by atoms with Crippen LogP contribution in [0.2, 0.25) is 10.0 Å². The van der Waals surface area contributed by atoms with Gasteiger partial charge in [-0.1, -0.05) is 28.4 Å². The lowest BCUT2D eigenvalue weighted by molar-refractivity contribution is -0.389. The van der Waals surface area contributed by atoms with Crippen LogP contribution in [0.4, 0.5) is 5.82 Å². The maximum Gasteiger partial charge on any atom is 0.408 e. The van der Waals surface area contributed by atoms with Gasteiger partial charge in [0, 0.05) is 18.1 Å². The molecule has 3 aromatic rings. The van der Waals surface area contributed by atoms with Crippen LogP contribution < -0.4 is 15.4 Å². The lowest BCUT2D eigenvalue weighted by atomic mass is 10.2.